The molecule has 3 aromatic rings. The normalized spacial score (nSPS) is 19.6. The zero-order valence-electron chi connectivity index (χ0n) is 28.9. The number of para-hydroxylation sites is 1. The highest BCUT2D eigenvalue weighted by molar-refractivity contribution is 6.39. The number of nitrogens with zero attached hydrogens (tertiary/aromatic N) is 5. The Bertz CT molecular complexity index is 1960. The van der Waals surface area contributed by atoms with Gasteiger partial charge in [-0.1, -0.05) is 18.2 Å². The summed E-state index contributed by atoms with van der Waals surface area (Å²) < 4.78 is 2.04. The third kappa shape index (κ3) is 6.55. The van der Waals surface area contributed by atoms with Crippen LogP contribution in [0.2, 0.25) is 0 Å². The van der Waals surface area contributed by atoms with Gasteiger partial charge in [0.2, 0.25) is 5.91 Å². The fourth-order valence-electron chi connectivity index (χ4n) is 6.61. The number of rotatable bonds is 11. The Morgan fingerprint density at radius 2 is 1.75 bits per heavy atom. The minimum atomic E-state index is -1.38. The second kappa shape index (κ2) is 13.1. The quantitative estimate of drug-likeness (QED) is 0.0966. The topological polar surface area (TPSA) is 189 Å². The zero-order valence-corrected chi connectivity index (χ0v) is 28.9. The van der Waals surface area contributed by atoms with Crippen molar-refractivity contribution in [2.24, 2.45) is 17.4 Å². The number of likely N-dealkylation sites (tertiary alicyclic amines) is 1. The van der Waals surface area contributed by atoms with E-state index < -0.39 is 11.2 Å². The lowest BCUT2D eigenvalue weighted by Gasteiger charge is -2.50. The van der Waals surface area contributed by atoms with Crippen molar-refractivity contribution in [1.29, 1.82) is 0 Å². The number of hydrogen-bond donors (Lipinski definition) is 6. The summed E-state index contributed by atoms with van der Waals surface area (Å²) in [5.41, 5.74) is 18.1. The largest absolute Gasteiger partial charge is 0.393 e. The van der Waals surface area contributed by atoms with E-state index in [0.717, 1.165) is 48.2 Å². The number of fused-ring (bicyclic) bond motifs is 3. The van der Waals surface area contributed by atoms with Gasteiger partial charge < -0.3 is 42.5 Å². The number of carbonyl (C=O) groups excluding carboxylic acids is 3. The minimum absolute atomic E-state index is 0.000619. The van der Waals surface area contributed by atoms with Crippen molar-refractivity contribution in [3.8, 4) is 11.1 Å². The first kappa shape index (κ1) is 34.2. The highest BCUT2D eigenvalue weighted by Gasteiger charge is 2.42. The first-order valence-corrected chi connectivity index (χ1v) is 17.2. The molecule has 260 valence electrons. The van der Waals surface area contributed by atoms with Crippen LogP contribution in [0.25, 0.3) is 11.1 Å². The number of allylic oxidation sites excluding steroid dienone is 1. The molecule has 4 radical (unpaired) electrons. The number of benzene rings is 1. The van der Waals surface area contributed by atoms with Crippen LogP contribution in [0.5, 0.6) is 0 Å². The molecule has 2 aliphatic heterocycles. The molecule has 1 aromatic carbocycles. The highest BCUT2D eigenvalue weighted by Crippen LogP contribution is 2.49. The van der Waals surface area contributed by atoms with Crippen LogP contribution in [0.15, 0.2) is 65.9 Å². The highest BCUT2D eigenvalue weighted by atomic mass is 16.2. The molecule has 4 aliphatic rings. The summed E-state index contributed by atoms with van der Waals surface area (Å²) in [6.45, 7) is 3.16. The minimum Gasteiger partial charge on any atom is -0.393 e. The van der Waals surface area contributed by atoms with Gasteiger partial charge in [-0.3, -0.25) is 19.1 Å². The molecule has 0 spiro atoms. The van der Waals surface area contributed by atoms with Crippen LogP contribution in [0.1, 0.15) is 66.6 Å². The molecule has 51 heavy (non-hydrogen) atoms. The van der Waals surface area contributed by atoms with E-state index in [9.17, 15) is 14.4 Å². The average Bonchev–Trinajstić information content (AvgIpc) is 4.04. The third-order valence-electron chi connectivity index (χ3n) is 10.1. The Kier molecular flexibility index (Phi) is 8.82. The van der Waals surface area contributed by atoms with Gasteiger partial charge in [0.25, 0.3) is 11.8 Å². The van der Waals surface area contributed by atoms with Gasteiger partial charge in [0.15, 0.2) is 0 Å². The number of amides is 3. The van der Waals surface area contributed by atoms with Crippen LogP contribution in [-0.2, 0) is 14.9 Å². The zero-order chi connectivity index (χ0) is 36.2. The fraction of sp³-hybridized carbons (Fsp3) is 0.400. The van der Waals surface area contributed by atoms with Gasteiger partial charge >= 0.3 is 0 Å². The maximum absolute atomic E-state index is 13.1. The van der Waals surface area contributed by atoms with E-state index in [1.54, 1.807) is 25.2 Å². The molecule has 3 amide bonds. The van der Waals surface area contributed by atoms with Crippen LogP contribution in [0, 0.1) is 5.92 Å². The summed E-state index contributed by atoms with van der Waals surface area (Å²) in [5.74, 6) is -0.822. The molecule has 4 heterocycles. The van der Waals surface area contributed by atoms with Crippen molar-refractivity contribution < 1.29 is 14.4 Å². The molecule has 8 N–H and O–H groups in total. The monoisotopic (exact) mass is 685 g/mol. The molecule has 1 saturated heterocycles. The molecular formula is C35H41B2N11O3. The molecule has 2 aromatic heterocycles. The number of hydrogen-bond acceptors (Lipinski definition) is 10. The Hall–Kier alpha value is -5.24. The fourth-order valence-corrected chi connectivity index (χ4v) is 6.61. The lowest BCUT2D eigenvalue weighted by Crippen LogP contribution is -2.60. The van der Waals surface area contributed by atoms with Gasteiger partial charge in [0.05, 0.1) is 56.7 Å². The summed E-state index contributed by atoms with van der Waals surface area (Å²) in [6, 6.07) is 10.9. The Morgan fingerprint density at radius 1 is 1.02 bits per heavy atom. The van der Waals surface area contributed by atoms with E-state index in [-0.39, 0.29) is 58.8 Å². The van der Waals surface area contributed by atoms with E-state index in [2.05, 4.69) is 38.1 Å². The Labute approximate surface area is 299 Å². The molecule has 7 rings (SSSR count). The number of aromatic nitrogens is 3. The smallest absolute Gasteiger partial charge is 0.269 e. The maximum atomic E-state index is 13.1. The second-order valence-electron chi connectivity index (χ2n) is 13.8. The Balaban J connectivity index is 1.15. The van der Waals surface area contributed by atoms with Gasteiger partial charge in [-0.05, 0) is 56.1 Å². The third-order valence-corrected chi connectivity index (χ3v) is 10.1. The van der Waals surface area contributed by atoms with Crippen molar-refractivity contribution in [2.75, 3.05) is 37.4 Å². The van der Waals surface area contributed by atoms with Crippen molar-refractivity contribution in [1.82, 2.24) is 35.6 Å². The van der Waals surface area contributed by atoms with Crippen molar-refractivity contribution >= 4 is 44.8 Å². The SMILES string of the molecule is [B]C([B])(c1cccc(C(=O)NC)n1)N1CC(n2ncc3c2C(C)N(C)c2c(NC(/C=C(\N)NC(=O)C4CC4)=C(/N)C(=O)NC4CC4)cccc2-3)C1. The summed E-state index contributed by atoms with van der Waals surface area (Å²) in [4.78, 5) is 46.2. The molecular weight excluding hydrogens is 644 g/mol. The van der Waals surface area contributed by atoms with E-state index in [1.807, 2.05) is 41.0 Å². The number of nitrogens with one attached hydrogen (secondary N) is 4. The first-order valence-electron chi connectivity index (χ1n) is 17.2. The lowest BCUT2D eigenvalue weighted by atomic mass is 9.57. The summed E-state index contributed by atoms with van der Waals surface area (Å²) in [7, 11) is 16.8. The van der Waals surface area contributed by atoms with Gasteiger partial charge in [-0.2, -0.15) is 5.10 Å². The standard InChI is InChI=1S/C35H41B2N11O3/c1-18-30-23(15-41-48(30)21-16-47(17-21)35(36,37)27-9-5-8-25(44-27)33(50)40-2)22-6-4-7-24(31(22)46(18)3)43-26(29(39)34(51)42-20-12-13-20)14-28(38)45-32(49)19-10-11-19/h4-9,14-15,18-21,43H,10-13,16-17,38-39H2,1-3H3,(H,40,50)(H,42,51)(H,45,49)/b28-14+,29-26+. The summed E-state index contributed by atoms with van der Waals surface area (Å²) >= 11 is 0. The van der Waals surface area contributed by atoms with Crippen molar-refractivity contribution in [2.45, 2.75) is 56.1 Å². The molecule has 14 nitrogen and oxygen atoms in total. The number of pyridine rings is 1. The summed E-state index contributed by atoms with van der Waals surface area (Å²) in [5, 5.41) is 15.1. The molecule has 2 saturated carbocycles. The molecule has 0 bridgehead atoms. The second-order valence-corrected chi connectivity index (χ2v) is 13.8. The van der Waals surface area contributed by atoms with Gasteiger partial charge in [0, 0.05) is 62.0 Å². The van der Waals surface area contributed by atoms with E-state index in [1.165, 1.54) is 6.08 Å². The average molecular weight is 685 g/mol. The van der Waals surface area contributed by atoms with Gasteiger partial charge in [-0.25, -0.2) is 4.98 Å². The van der Waals surface area contributed by atoms with E-state index in [0.29, 0.717) is 24.5 Å². The first-order chi connectivity index (χ1) is 24.4. The van der Waals surface area contributed by atoms with Crippen LogP contribution < -0.4 is 37.6 Å². The molecule has 2 aliphatic carbocycles. The number of anilines is 2. The summed E-state index contributed by atoms with van der Waals surface area (Å²) in [6.07, 6.45) is 6.85. The maximum Gasteiger partial charge on any atom is 0.269 e. The predicted octanol–water partition coefficient (Wildman–Crippen LogP) is 1.01. The molecule has 16 heteroatoms. The predicted molar refractivity (Wildman–Crippen MR) is 195 cm³/mol. The van der Waals surface area contributed by atoms with E-state index in [4.69, 9.17) is 32.3 Å². The van der Waals surface area contributed by atoms with Gasteiger partial charge in [0.1, 0.15) is 17.2 Å². The van der Waals surface area contributed by atoms with Crippen LogP contribution in [-0.4, -0.2) is 86.3 Å². The number of nitrogens with two attached hydrogens (primary N) is 2. The van der Waals surface area contributed by atoms with Gasteiger partial charge in [-0.15, -0.1) is 0 Å². The van der Waals surface area contributed by atoms with E-state index >= 15 is 0 Å². The van der Waals surface area contributed by atoms with Crippen molar-refractivity contribution in [3.63, 3.8) is 0 Å². The molecule has 1 unspecified atom stereocenters. The van der Waals surface area contributed by atoms with Crippen LogP contribution >= 0.6 is 0 Å². The Morgan fingerprint density at radius 3 is 2.43 bits per heavy atom. The van der Waals surface area contributed by atoms with Crippen molar-refractivity contribution in [3.05, 3.63) is 83.0 Å². The molecule has 1 atom stereocenters. The lowest BCUT2D eigenvalue weighted by molar-refractivity contribution is -0.121. The van der Waals surface area contributed by atoms with Crippen LogP contribution in [0.4, 0.5) is 11.4 Å². The number of carbonyl (C=O) groups is 3. The van der Waals surface area contributed by atoms with Crippen LogP contribution in [0.3, 0.4) is 0 Å². The molecule has 3 fully saturated rings.